The summed E-state index contributed by atoms with van der Waals surface area (Å²) in [5.41, 5.74) is 8.88. The molecule has 1 unspecified atom stereocenters. The van der Waals surface area contributed by atoms with Gasteiger partial charge in [-0.25, -0.2) is 0 Å². The van der Waals surface area contributed by atoms with Gasteiger partial charge >= 0.3 is 0 Å². The first-order valence-corrected chi connectivity index (χ1v) is 8.46. The molecule has 2 N–H and O–H groups in total. The van der Waals surface area contributed by atoms with Gasteiger partial charge in [0.2, 0.25) is 5.91 Å². The lowest BCUT2D eigenvalue weighted by Crippen LogP contribution is -2.31. The molecule has 3 rings (SSSR count). The summed E-state index contributed by atoms with van der Waals surface area (Å²) in [6.07, 6.45) is 3.18. The van der Waals surface area contributed by atoms with Crippen molar-refractivity contribution < 1.29 is 9.53 Å². The predicted octanol–water partition coefficient (Wildman–Crippen LogP) is 4.00. The third-order valence-electron chi connectivity index (χ3n) is 4.73. The minimum Gasteiger partial charge on any atom is -0.496 e. The number of hydrogen-bond donors (Lipinski definition) is 1. The largest absolute Gasteiger partial charge is 0.496 e. The number of nitrogen functional groups attached to an aromatic ring is 1. The van der Waals surface area contributed by atoms with Crippen LogP contribution in [0.25, 0.3) is 0 Å². The third-order valence-corrected chi connectivity index (χ3v) is 4.73. The molecular formula is C20H25ClN2O2. The predicted molar refractivity (Wildman–Crippen MR) is 103 cm³/mol. The van der Waals surface area contributed by atoms with Crippen LogP contribution in [0.15, 0.2) is 48.5 Å². The Bertz CT molecular complexity index is 720. The number of methoxy groups -OCH3 is 1. The van der Waals surface area contributed by atoms with Gasteiger partial charge in [0.25, 0.3) is 0 Å². The normalized spacial score (nSPS) is 16.4. The van der Waals surface area contributed by atoms with E-state index >= 15 is 0 Å². The lowest BCUT2D eigenvalue weighted by Gasteiger charge is -2.26. The second kappa shape index (κ2) is 8.77. The topological polar surface area (TPSA) is 55.6 Å². The van der Waals surface area contributed by atoms with Gasteiger partial charge in [0, 0.05) is 24.2 Å². The first-order chi connectivity index (χ1) is 11.7. The first kappa shape index (κ1) is 19.1. The number of hydrogen-bond acceptors (Lipinski definition) is 3. The highest BCUT2D eigenvalue weighted by molar-refractivity contribution is 5.85. The van der Waals surface area contributed by atoms with Crippen molar-refractivity contribution in [3.05, 3.63) is 59.7 Å². The molecule has 1 atom stereocenters. The van der Waals surface area contributed by atoms with Crippen molar-refractivity contribution >= 4 is 24.0 Å². The molecule has 1 fully saturated rings. The summed E-state index contributed by atoms with van der Waals surface area (Å²) >= 11 is 0. The van der Waals surface area contributed by atoms with Gasteiger partial charge in [-0.1, -0.05) is 36.4 Å². The molecule has 0 saturated carbocycles. The van der Waals surface area contributed by atoms with Gasteiger partial charge in [0.1, 0.15) is 5.75 Å². The van der Waals surface area contributed by atoms with Crippen LogP contribution in [0.4, 0.5) is 5.69 Å². The molecule has 1 amide bonds. The molecule has 25 heavy (non-hydrogen) atoms. The number of nitrogens with zero attached hydrogens (tertiary/aromatic N) is 1. The minimum absolute atomic E-state index is 0. The number of anilines is 1. The number of ether oxygens (including phenoxy) is 1. The van der Waals surface area contributed by atoms with Crippen molar-refractivity contribution in [1.82, 2.24) is 4.90 Å². The van der Waals surface area contributed by atoms with E-state index in [0.717, 1.165) is 42.0 Å². The van der Waals surface area contributed by atoms with Crippen molar-refractivity contribution in [2.24, 2.45) is 0 Å². The van der Waals surface area contributed by atoms with Crippen LogP contribution in [-0.4, -0.2) is 24.5 Å². The summed E-state index contributed by atoms with van der Waals surface area (Å²) in [7, 11) is 1.68. The van der Waals surface area contributed by atoms with Crippen molar-refractivity contribution in [1.29, 1.82) is 0 Å². The Morgan fingerprint density at radius 2 is 1.92 bits per heavy atom. The highest BCUT2D eigenvalue weighted by Gasteiger charge is 2.31. The zero-order chi connectivity index (χ0) is 16.9. The lowest BCUT2D eigenvalue weighted by molar-refractivity contribution is -0.132. The molecule has 0 bridgehead atoms. The van der Waals surface area contributed by atoms with Gasteiger partial charge in [-0.05, 0) is 37.0 Å². The van der Waals surface area contributed by atoms with Crippen LogP contribution in [0.2, 0.25) is 0 Å². The molecule has 0 aliphatic carbocycles. The number of para-hydroxylation sites is 2. The molecule has 134 valence electrons. The Hall–Kier alpha value is -2.20. The Kier molecular flexibility index (Phi) is 6.71. The molecular weight excluding hydrogens is 336 g/mol. The highest BCUT2D eigenvalue weighted by atomic mass is 35.5. The minimum atomic E-state index is 0. The molecule has 1 heterocycles. The average molecular weight is 361 g/mol. The Morgan fingerprint density at radius 3 is 2.68 bits per heavy atom. The summed E-state index contributed by atoms with van der Waals surface area (Å²) < 4.78 is 5.48. The smallest absolute Gasteiger partial charge is 0.223 e. The number of carbonyl (C=O) groups excluding carboxylic acids is 1. The standard InChI is InChI=1S/C20H24N2O2.ClH/c1-24-19-11-5-3-8-16(19)18-10-6-14-22(18)20(23)13-12-15-7-2-4-9-17(15)21;/h2-5,7-9,11,18H,6,10,12-14,21H2,1H3;1H. The maximum atomic E-state index is 12.8. The number of amides is 1. The fourth-order valence-corrected chi connectivity index (χ4v) is 3.48. The van der Waals surface area contributed by atoms with Gasteiger partial charge < -0.3 is 15.4 Å². The van der Waals surface area contributed by atoms with E-state index in [1.54, 1.807) is 7.11 Å². The summed E-state index contributed by atoms with van der Waals surface area (Å²) in [5, 5.41) is 0. The summed E-state index contributed by atoms with van der Waals surface area (Å²) in [5.74, 6) is 1.04. The number of rotatable bonds is 5. The van der Waals surface area contributed by atoms with Gasteiger partial charge in [-0.3, -0.25) is 4.79 Å². The van der Waals surface area contributed by atoms with E-state index in [1.165, 1.54) is 0 Å². The van der Waals surface area contributed by atoms with E-state index in [2.05, 4.69) is 6.07 Å². The summed E-state index contributed by atoms with van der Waals surface area (Å²) in [4.78, 5) is 14.8. The van der Waals surface area contributed by atoms with E-state index in [1.807, 2.05) is 47.4 Å². The molecule has 1 aliphatic heterocycles. The van der Waals surface area contributed by atoms with E-state index < -0.39 is 0 Å². The monoisotopic (exact) mass is 360 g/mol. The molecule has 0 radical (unpaired) electrons. The van der Waals surface area contributed by atoms with Gasteiger partial charge in [0.15, 0.2) is 0 Å². The molecule has 4 nitrogen and oxygen atoms in total. The quantitative estimate of drug-likeness (QED) is 0.820. The third kappa shape index (κ3) is 4.26. The molecule has 5 heteroatoms. The van der Waals surface area contributed by atoms with Crippen molar-refractivity contribution in [3.63, 3.8) is 0 Å². The fourth-order valence-electron chi connectivity index (χ4n) is 3.48. The maximum Gasteiger partial charge on any atom is 0.223 e. The average Bonchev–Trinajstić information content (AvgIpc) is 3.10. The Morgan fingerprint density at radius 1 is 1.20 bits per heavy atom. The molecule has 2 aromatic carbocycles. The molecule has 0 spiro atoms. The second-order valence-corrected chi connectivity index (χ2v) is 6.19. The maximum absolute atomic E-state index is 12.8. The van der Waals surface area contributed by atoms with Gasteiger partial charge in [-0.15, -0.1) is 12.4 Å². The number of likely N-dealkylation sites (tertiary alicyclic amines) is 1. The van der Waals surface area contributed by atoms with Crippen LogP contribution in [0.3, 0.4) is 0 Å². The first-order valence-electron chi connectivity index (χ1n) is 8.46. The fraction of sp³-hybridized carbons (Fsp3) is 0.350. The highest BCUT2D eigenvalue weighted by Crippen LogP contribution is 2.37. The van der Waals surface area contributed by atoms with Crippen LogP contribution < -0.4 is 10.5 Å². The number of nitrogens with two attached hydrogens (primary N) is 1. The van der Waals surface area contributed by atoms with Gasteiger partial charge in [0.05, 0.1) is 13.2 Å². The van der Waals surface area contributed by atoms with Crippen LogP contribution >= 0.6 is 12.4 Å². The van der Waals surface area contributed by atoms with Crippen molar-refractivity contribution in [3.8, 4) is 5.75 Å². The lowest BCUT2D eigenvalue weighted by atomic mass is 10.0. The number of halogens is 1. The van der Waals surface area contributed by atoms with E-state index in [-0.39, 0.29) is 24.4 Å². The number of carbonyl (C=O) groups is 1. The Labute approximate surface area is 155 Å². The zero-order valence-electron chi connectivity index (χ0n) is 14.5. The van der Waals surface area contributed by atoms with Gasteiger partial charge in [-0.2, -0.15) is 0 Å². The van der Waals surface area contributed by atoms with Crippen molar-refractivity contribution in [2.75, 3.05) is 19.4 Å². The second-order valence-electron chi connectivity index (χ2n) is 6.19. The number of aryl methyl sites for hydroxylation is 1. The van der Waals surface area contributed by atoms with Crippen LogP contribution in [-0.2, 0) is 11.2 Å². The molecule has 1 saturated heterocycles. The van der Waals surface area contributed by atoms with Crippen molar-refractivity contribution in [2.45, 2.75) is 31.7 Å². The zero-order valence-corrected chi connectivity index (χ0v) is 15.3. The summed E-state index contributed by atoms with van der Waals surface area (Å²) in [6, 6.07) is 15.8. The summed E-state index contributed by atoms with van der Waals surface area (Å²) in [6.45, 7) is 0.811. The van der Waals surface area contributed by atoms with Crippen LogP contribution in [0.5, 0.6) is 5.75 Å². The Balaban J connectivity index is 0.00000225. The SMILES string of the molecule is COc1ccccc1C1CCCN1C(=O)CCc1ccccc1N.Cl. The molecule has 2 aromatic rings. The van der Waals surface area contributed by atoms with E-state index in [4.69, 9.17) is 10.5 Å². The van der Waals surface area contributed by atoms with Crippen LogP contribution in [0.1, 0.15) is 36.4 Å². The van der Waals surface area contributed by atoms with E-state index in [0.29, 0.717) is 12.8 Å². The van der Waals surface area contributed by atoms with E-state index in [9.17, 15) is 4.79 Å². The van der Waals surface area contributed by atoms with Crippen LogP contribution in [0, 0.1) is 0 Å². The molecule has 0 aromatic heterocycles. The molecule has 1 aliphatic rings. The number of benzene rings is 2.